The van der Waals surface area contributed by atoms with Gasteiger partial charge < -0.3 is 15.3 Å². The molecule has 1 amide bonds. The van der Waals surface area contributed by atoms with E-state index in [1.165, 1.54) is 12.1 Å². The molecular weight excluding hydrogens is 383 g/mol. The third-order valence-electron chi connectivity index (χ3n) is 6.12. The van der Waals surface area contributed by atoms with E-state index in [-0.39, 0.29) is 11.9 Å². The van der Waals surface area contributed by atoms with Crippen LogP contribution in [0.15, 0.2) is 24.3 Å². The molecule has 1 aliphatic carbocycles. The van der Waals surface area contributed by atoms with Gasteiger partial charge >= 0.3 is 6.18 Å². The number of aliphatic hydroxyl groups is 1. The maximum Gasteiger partial charge on any atom is 0.416 e. The first-order valence-electron chi connectivity index (χ1n) is 10.4. The highest BCUT2D eigenvalue weighted by Gasteiger charge is 2.31. The fraction of sp³-hybridized carbons (Fsp3) is 0.667. The average Bonchev–Trinajstić information content (AvgIpc) is 2.73. The van der Waals surface area contributed by atoms with E-state index in [1.807, 2.05) is 4.90 Å². The minimum Gasteiger partial charge on any atom is -0.387 e. The summed E-state index contributed by atoms with van der Waals surface area (Å²) in [4.78, 5) is 15.7. The SMILES string of the molecule is O=C(CO)NC1CCC(CCN2CCN(c3cccc(C(F)(F)F)c3)CC2)CC1. The maximum atomic E-state index is 12.9. The molecule has 5 nitrogen and oxygen atoms in total. The molecule has 1 aromatic rings. The monoisotopic (exact) mass is 413 g/mol. The Morgan fingerprint density at radius 3 is 2.41 bits per heavy atom. The maximum absolute atomic E-state index is 12.9. The Hall–Kier alpha value is -1.80. The van der Waals surface area contributed by atoms with E-state index in [1.54, 1.807) is 6.07 Å². The van der Waals surface area contributed by atoms with Crippen molar-refractivity contribution in [3.8, 4) is 0 Å². The first-order chi connectivity index (χ1) is 13.8. The number of aliphatic hydroxyl groups excluding tert-OH is 1. The number of rotatable bonds is 6. The first kappa shape index (κ1) is 21.9. The number of hydrogen-bond acceptors (Lipinski definition) is 4. The number of carbonyl (C=O) groups excluding carboxylic acids is 1. The Labute approximate surface area is 169 Å². The number of alkyl halides is 3. The van der Waals surface area contributed by atoms with Gasteiger partial charge in [-0.2, -0.15) is 13.2 Å². The lowest BCUT2D eigenvalue weighted by Crippen LogP contribution is -2.47. The second-order valence-corrected chi connectivity index (χ2v) is 8.11. The van der Waals surface area contributed by atoms with Gasteiger partial charge in [-0.1, -0.05) is 6.07 Å². The second kappa shape index (κ2) is 9.80. The average molecular weight is 413 g/mol. The van der Waals surface area contributed by atoms with Crippen LogP contribution in [0.4, 0.5) is 18.9 Å². The third-order valence-corrected chi connectivity index (χ3v) is 6.12. The topological polar surface area (TPSA) is 55.8 Å². The van der Waals surface area contributed by atoms with Gasteiger partial charge in [-0.15, -0.1) is 0 Å². The van der Waals surface area contributed by atoms with Crippen LogP contribution in [0.2, 0.25) is 0 Å². The molecule has 2 N–H and O–H groups in total. The van der Waals surface area contributed by atoms with Crippen LogP contribution in [-0.2, 0) is 11.0 Å². The minimum absolute atomic E-state index is 0.182. The molecule has 2 fully saturated rings. The summed E-state index contributed by atoms with van der Waals surface area (Å²) in [5, 5.41) is 11.7. The summed E-state index contributed by atoms with van der Waals surface area (Å²) in [5.74, 6) is 0.353. The minimum atomic E-state index is -4.31. The Bertz CT molecular complexity index is 667. The third kappa shape index (κ3) is 6.34. The Morgan fingerprint density at radius 1 is 1.10 bits per heavy atom. The molecule has 0 unspecified atom stereocenters. The molecule has 29 heavy (non-hydrogen) atoms. The number of nitrogens with one attached hydrogen (secondary N) is 1. The number of carbonyl (C=O) groups is 1. The number of hydrogen-bond donors (Lipinski definition) is 2. The van der Waals surface area contributed by atoms with Gasteiger partial charge in [0.15, 0.2) is 0 Å². The Balaban J connectivity index is 1.38. The number of halogens is 3. The zero-order valence-electron chi connectivity index (χ0n) is 16.6. The molecule has 1 saturated heterocycles. The summed E-state index contributed by atoms with van der Waals surface area (Å²) in [6.45, 7) is 3.75. The van der Waals surface area contributed by atoms with Crippen molar-refractivity contribution in [3.05, 3.63) is 29.8 Å². The molecule has 1 aliphatic heterocycles. The van der Waals surface area contributed by atoms with Crippen molar-refractivity contribution in [2.24, 2.45) is 5.92 Å². The van der Waals surface area contributed by atoms with Crippen LogP contribution in [0.25, 0.3) is 0 Å². The molecule has 8 heteroatoms. The van der Waals surface area contributed by atoms with Crippen LogP contribution in [0.5, 0.6) is 0 Å². The van der Waals surface area contributed by atoms with E-state index in [0.29, 0.717) is 11.6 Å². The summed E-state index contributed by atoms with van der Waals surface area (Å²) >= 11 is 0. The number of piperazine rings is 1. The van der Waals surface area contributed by atoms with Crippen LogP contribution in [0.1, 0.15) is 37.7 Å². The molecule has 0 spiro atoms. The van der Waals surface area contributed by atoms with Crippen LogP contribution >= 0.6 is 0 Å². The highest BCUT2D eigenvalue weighted by atomic mass is 19.4. The Kier molecular flexibility index (Phi) is 7.40. The summed E-state index contributed by atoms with van der Waals surface area (Å²) in [6, 6.07) is 5.76. The van der Waals surface area contributed by atoms with Crippen molar-refractivity contribution in [3.63, 3.8) is 0 Å². The molecule has 0 bridgehead atoms. The van der Waals surface area contributed by atoms with Gasteiger partial charge in [0.2, 0.25) is 5.91 Å². The van der Waals surface area contributed by atoms with Crippen LogP contribution < -0.4 is 10.2 Å². The van der Waals surface area contributed by atoms with Gasteiger partial charge in [0.25, 0.3) is 0 Å². The van der Waals surface area contributed by atoms with E-state index < -0.39 is 18.3 Å². The number of nitrogens with zero attached hydrogens (tertiary/aromatic N) is 2. The van der Waals surface area contributed by atoms with Gasteiger partial charge in [-0.3, -0.25) is 9.69 Å². The second-order valence-electron chi connectivity index (χ2n) is 8.11. The molecule has 3 rings (SSSR count). The molecule has 1 heterocycles. The van der Waals surface area contributed by atoms with E-state index >= 15 is 0 Å². The van der Waals surface area contributed by atoms with Crippen LogP contribution in [-0.4, -0.2) is 61.3 Å². The van der Waals surface area contributed by atoms with Crippen molar-refractivity contribution in [1.82, 2.24) is 10.2 Å². The van der Waals surface area contributed by atoms with Crippen molar-refractivity contribution in [2.75, 3.05) is 44.2 Å². The molecular formula is C21H30F3N3O2. The fourth-order valence-electron chi connectivity index (χ4n) is 4.34. The van der Waals surface area contributed by atoms with Gasteiger partial charge in [0, 0.05) is 37.9 Å². The predicted molar refractivity (Wildman–Crippen MR) is 106 cm³/mol. The van der Waals surface area contributed by atoms with Crippen molar-refractivity contribution >= 4 is 11.6 Å². The smallest absolute Gasteiger partial charge is 0.387 e. The lowest BCUT2D eigenvalue weighted by molar-refractivity contribution is -0.137. The van der Waals surface area contributed by atoms with E-state index in [4.69, 9.17) is 5.11 Å². The number of amides is 1. The summed E-state index contributed by atoms with van der Waals surface area (Å²) in [5.41, 5.74) is 0.0472. The van der Waals surface area contributed by atoms with E-state index in [0.717, 1.165) is 70.9 Å². The van der Waals surface area contributed by atoms with Crippen LogP contribution in [0, 0.1) is 5.92 Å². The molecule has 2 aliphatic rings. The quantitative estimate of drug-likeness (QED) is 0.753. The summed E-state index contributed by atoms with van der Waals surface area (Å²) in [7, 11) is 0. The standard InChI is InChI=1S/C21H30F3N3O2/c22-21(23,24)17-2-1-3-19(14-17)27-12-10-26(11-13-27)9-8-16-4-6-18(7-5-16)25-20(29)15-28/h1-3,14,16,18,28H,4-13,15H2,(H,25,29). The molecule has 0 aromatic heterocycles. The normalized spacial score (nSPS) is 23.8. The Morgan fingerprint density at radius 2 is 1.79 bits per heavy atom. The fourth-order valence-corrected chi connectivity index (χ4v) is 4.34. The molecule has 0 radical (unpaired) electrons. The summed E-state index contributed by atoms with van der Waals surface area (Å²) in [6.07, 6.45) is 0.891. The van der Waals surface area contributed by atoms with E-state index in [9.17, 15) is 18.0 Å². The summed E-state index contributed by atoms with van der Waals surface area (Å²) < 4.78 is 38.8. The van der Waals surface area contributed by atoms with Crippen molar-refractivity contribution in [2.45, 2.75) is 44.3 Å². The van der Waals surface area contributed by atoms with Crippen molar-refractivity contribution < 1.29 is 23.1 Å². The highest BCUT2D eigenvalue weighted by molar-refractivity contribution is 5.77. The molecule has 1 aromatic carbocycles. The highest BCUT2D eigenvalue weighted by Crippen LogP contribution is 2.32. The first-order valence-corrected chi connectivity index (χ1v) is 10.4. The zero-order valence-corrected chi connectivity index (χ0v) is 16.6. The van der Waals surface area contributed by atoms with Gasteiger partial charge in [-0.05, 0) is 62.8 Å². The van der Waals surface area contributed by atoms with Gasteiger partial charge in [0.1, 0.15) is 6.61 Å². The lowest BCUT2D eigenvalue weighted by Gasteiger charge is -2.37. The van der Waals surface area contributed by atoms with Gasteiger partial charge in [-0.25, -0.2) is 0 Å². The molecule has 1 saturated carbocycles. The predicted octanol–water partition coefficient (Wildman–Crippen LogP) is 2.88. The molecule has 0 atom stereocenters. The number of benzene rings is 1. The largest absolute Gasteiger partial charge is 0.416 e. The zero-order chi connectivity index (χ0) is 20.9. The molecule has 162 valence electrons. The van der Waals surface area contributed by atoms with Crippen molar-refractivity contribution in [1.29, 1.82) is 0 Å². The number of anilines is 1. The lowest BCUT2D eigenvalue weighted by atomic mass is 9.84. The van der Waals surface area contributed by atoms with Crippen LogP contribution in [0.3, 0.4) is 0 Å². The van der Waals surface area contributed by atoms with E-state index in [2.05, 4.69) is 10.2 Å². The van der Waals surface area contributed by atoms with Gasteiger partial charge in [0.05, 0.1) is 5.56 Å².